The minimum atomic E-state index is -0.947. The molecule has 0 radical (unpaired) electrons. The van der Waals surface area contributed by atoms with Crippen LogP contribution in [0.1, 0.15) is 6.92 Å². The van der Waals surface area contributed by atoms with Crippen LogP contribution in [0.2, 0.25) is 5.02 Å². The third-order valence-corrected chi connectivity index (χ3v) is 2.58. The number of rotatable bonds is 4. The molecule has 1 aromatic rings. The molecule has 0 atom stereocenters. The van der Waals surface area contributed by atoms with Crippen LogP contribution in [0.5, 0.6) is 0 Å². The summed E-state index contributed by atoms with van der Waals surface area (Å²) in [6.45, 7) is 1.00. The third kappa shape index (κ3) is 2.52. The molecule has 3 N–H and O–H groups in total. The fraction of sp³-hybridized carbons (Fsp3) is 0.556. The first-order valence-corrected chi connectivity index (χ1v) is 5.03. The van der Waals surface area contributed by atoms with Crippen molar-refractivity contribution in [3.63, 3.8) is 0 Å². The van der Waals surface area contributed by atoms with Gasteiger partial charge in [-0.05, 0) is 6.92 Å². The van der Waals surface area contributed by atoms with E-state index in [0.29, 0.717) is 0 Å². The SMILES string of the molecule is Cn1ncc(NC(C)(CO)CO)c(Cl)c1=O. The second kappa shape index (κ2) is 4.82. The van der Waals surface area contributed by atoms with E-state index in [0.717, 1.165) is 4.68 Å². The van der Waals surface area contributed by atoms with Crippen molar-refractivity contribution in [1.29, 1.82) is 0 Å². The largest absolute Gasteiger partial charge is 0.394 e. The van der Waals surface area contributed by atoms with Crippen LogP contribution in [0, 0.1) is 0 Å². The van der Waals surface area contributed by atoms with E-state index in [9.17, 15) is 4.79 Å². The van der Waals surface area contributed by atoms with Crippen LogP contribution >= 0.6 is 11.6 Å². The predicted octanol–water partition coefficient (Wildman–Crippen LogP) is -0.411. The van der Waals surface area contributed by atoms with Crippen molar-refractivity contribution in [2.75, 3.05) is 18.5 Å². The molecule has 0 aromatic carbocycles. The molecule has 0 saturated carbocycles. The average molecular weight is 248 g/mol. The molecule has 0 aliphatic heterocycles. The summed E-state index contributed by atoms with van der Waals surface area (Å²) in [4.78, 5) is 11.5. The van der Waals surface area contributed by atoms with Crippen LogP contribution in [0.4, 0.5) is 5.69 Å². The van der Waals surface area contributed by atoms with Crippen molar-refractivity contribution >= 4 is 17.3 Å². The zero-order valence-electron chi connectivity index (χ0n) is 9.07. The van der Waals surface area contributed by atoms with Gasteiger partial charge in [-0.2, -0.15) is 5.10 Å². The van der Waals surface area contributed by atoms with Gasteiger partial charge in [0.2, 0.25) is 0 Å². The standard InChI is InChI=1S/C9H14ClN3O3/c1-9(4-14,5-15)12-6-3-11-13(2)8(16)7(6)10/h3,12,14-15H,4-5H2,1-2H3. The number of aliphatic hydroxyl groups excluding tert-OH is 2. The van der Waals surface area contributed by atoms with Crippen molar-refractivity contribution in [2.45, 2.75) is 12.5 Å². The summed E-state index contributed by atoms with van der Waals surface area (Å²) in [5.74, 6) is 0. The van der Waals surface area contributed by atoms with Crippen molar-refractivity contribution < 1.29 is 10.2 Å². The Morgan fingerprint density at radius 1 is 1.56 bits per heavy atom. The number of hydrogen-bond donors (Lipinski definition) is 3. The second-order valence-electron chi connectivity index (χ2n) is 3.80. The van der Waals surface area contributed by atoms with Gasteiger partial charge in [0.15, 0.2) is 0 Å². The van der Waals surface area contributed by atoms with E-state index in [-0.39, 0.29) is 23.9 Å². The van der Waals surface area contributed by atoms with Gasteiger partial charge in [-0.1, -0.05) is 11.6 Å². The maximum atomic E-state index is 11.5. The molecule has 0 amide bonds. The zero-order valence-corrected chi connectivity index (χ0v) is 9.82. The van der Waals surface area contributed by atoms with Crippen molar-refractivity contribution in [3.8, 4) is 0 Å². The lowest BCUT2D eigenvalue weighted by Gasteiger charge is -2.27. The first kappa shape index (κ1) is 13.0. The fourth-order valence-electron chi connectivity index (χ4n) is 1.05. The number of hydrogen-bond acceptors (Lipinski definition) is 5. The van der Waals surface area contributed by atoms with E-state index in [2.05, 4.69) is 10.4 Å². The van der Waals surface area contributed by atoms with Gasteiger partial charge < -0.3 is 15.5 Å². The Morgan fingerprint density at radius 3 is 2.62 bits per heavy atom. The first-order valence-electron chi connectivity index (χ1n) is 4.65. The van der Waals surface area contributed by atoms with E-state index < -0.39 is 11.1 Å². The van der Waals surface area contributed by atoms with Gasteiger partial charge >= 0.3 is 0 Å². The monoisotopic (exact) mass is 247 g/mol. The molecular weight excluding hydrogens is 234 g/mol. The maximum Gasteiger partial charge on any atom is 0.287 e. The highest BCUT2D eigenvalue weighted by Gasteiger charge is 2.23. The Kier molecular flexibility index (Phi) is 3.90. The molecule has 6 nitrogen and oxygen atoms in total. The highest BCUT2D eigenvalue weighted by molar-refractivity contribution is 6.32. The molecule has 0 unspecified atom stereocenters. The molecule has 90 valence electrons. The van der Waals surface area contributed by atoms with Gasteiger partial charge in [-0.25, -0.2) is 4.68 Å². The number of anilines is 1. The number of halogens is 1. The smallest absolute Gasteiger partial charge is 0.287 e. The average Bonchev–Trinajstić information content (AvgIpc) is 2.30. The maximum absolute atomic E-state index is 11.5. The molecule has 16 heavy (non-hydrogen) atoms. The van der Waals surface area contributed by atoms with Crippen molar-refractivity contribution in [2.24, 2.45) is 7.05 Å². The van der Waals surface area contributed by atoms with E-state index in [1.54, 1.807) is 6.92 Å². The van der Waals surface area contributed by atoms with E-state index >= 15 is 0 Å². The number of nitrogens with one attached hydrogen (secondary N) is 1. The number of aliphatic hydroxyl groups is 2. The minimum Gasteiger partial charge on any atom is -0.394 e. The molecule has 0 fully saturated rings. The summed E-state index contributed by atoms with van der Waals surface area (Å²) in [7, 11) is 1.48. The number of aryl methyl sites for hydroxylation is 1. The van der Waals surface area contributed by atoms with Crippen molar-refractivity contribution in [3.05, 3.63) is 21.6 Å². The Bertz CT molecular complexity index is 428. The highest BCUT2D eigenvalue weighted by atomic mass is 35.5. The molecular formula is C9H14ClN3O3. The fourth-order valence-corrected chi connectivity index (χ4v) is 1.27. The summed E-state index contributed by atoms with van der Waals surface area (Å²) in [6.07, 6.45) is 1.37. The third-order valence-electron chi connectivity index (χ3n) is 2.21. The molecule has 0 bridgehead atoms. The van der Waals surface area contributed by atoms with Crippen LogP contribution in [0.3, 0.4) is 0 Å². The minimum absolute atomic E-state index is 0.0226. The normalized spacial score (nSPS) is 11.6. The Balaban J connectivity index is 3.08. The van der Waals surface area contributed by atoms with Gasteiger partial charge in [0.25, 0.3) is 5.56 Å². The first-order chi connectivity index (χ1) is 7.43. The predicted molar refractivity (Wildman–Crippen MR) is 60.7 cm³/mol. The topological polar surface area (TPSA) is 87.4 Å². The van der Waals surface area contributed by atoms with E-state index in [1.165, 1.54) is 13.2 Å². The summed E-state index contributed by atoms with van der Waals surface area (Å²) >= 11 is 5.82. The van der Waals surface area contributed by atoms with Gasteiger partial charge in [0.05, 0.1) is 30.6 Å². The lowest BCUT2D eigenvalue weighted by atomic mass is 10.1. The molecule has 0 saturated heterocycles. The highest BCUT2D eigenvalue weighted by Crippen LogP contribution is 2.19. The number of aromatic nitrogens is 2. The zero-order chi connectivity index (χ0) is 12.3. The Hall–Kier alpha value is -1.11. The van der Waals surface area contributed by atoms with Gasteiger partial charge in [0, 0.05) is 7.05 Å². The number of nitrogens with zero attached hydrogens (tertiary/aromatic N) is 2. The van der Waals surface area contributed by atoms with Gasteiger partial charge in [0.1, 0.15) is 5.02 Å². The molecule has 1 aromatic heterocycles. The molecule has 7 heteroatoms. The summed E-state index contributed by atoms with van der Waals surface area (Å²) in [5.41, 5.74) is -1.10. The van der Waals surface area contributed by atoms with Gasteiger partial charge in [-0.15, -0.1) is 0 Å². The van der Waals surface area contributed by atoms with E-state index in [1.807, 2.05) is 0 Å². The molecule has 0 aliphatic rings. The Labute approximate surface area is 97.5 Å². The summed E-state index contributed by atoms with van der Waals surface area (Å²) < 4.78 is 1.10. The van der Waals surface area contributed by atoms with E-state index in [4.69, 9.17) is 21.8 Å². The van der Waals surface area contributed by atoms with Crippen LogP contribution in [-0.4, -0.2) is 38.7 Å². The summed E-state index contributed by atoms with van der Waals surface area (Å²) in [5, 5.41) is 24.7. The van der Waals surface area contributed by atoms with Crippen molar-refractivity contribution in [1.82, 2.24) is 9.78 Å². The quantitative estimate of drug-likeness (QED) is 0.673. The van der Waals surface area contributed by atoms with Gasteiger partial charge in [-0.3, -0.25) is 4.79 Å². The molecule has 0 aliphatic carbocycles. The van der Waals surface area contributed by atoms with Crippen LogP contribution in [-0.2, 0) is 7.05 Å². The lowest BCUT2D eigenvalue weighted by Crippen LogP contribution is -2.43. The molecule has 1 rings (SSSR count). The molecule has 0 spiro atoms. The molecule has 1 heterocycles. The van der Waals surface area contributed by atoms with Crippen LogP contribution < -0.4 is 10.9 Å². The lowest BCUT2D eigenvalue weighted by molar-refractivity contribution is 0.147. The Morgan fingerprint density at radius 2 is 2.12 bits per heavy atom. The van der Waals surface area contributed by atoms with Crippen LogP contribution in [0.25, 0.3) is 0 Å². The second-order valence-corrected chi connectivity index (χ2v) is 4.18. The van der Waals surface area contributed by atoms with Crippen LogP contribution in [0.15, 0.2) is 11.0 Å². The summed E-state index contributed by atoms with van der Waals surface area (Å²) in [6, 6.07) is 0.